The molecule has 0 aromatic heterocycles. The van der Waals surface area contributed by atoms with Crippen molar-refractivity contribution in [2.24, 2.45) is 0 Å². The van der Waals surface area contributed by atoms with Crippen molar-refractivity contribution in [1.82, 2.24) is 5.32 Å². The van der Waals surface area contributed by atoms with Crippen LogP contribution in [0.15, 0.2) is 36.4 Å². The smallest absolute Gasteiger partial charge is 0.131 e. The van der Waals surface area contributed by atoms with Crippen LogP contribution < -0.4 is 10.1 Å². The Morgan fingerprint density at radius 2 is 1.55 bits per heavy atom. The van der Waals surface area contributed by atoms with Crippen molar-refractivity contribution in [3.8, 4) is 11.5 Å². The molecule has 0 aliphatic carbocycles. The topological polar surface area (TPSA) is 21.3 Å². The second kappa shape index (κ2) is 6.58. The van der Waals surface area contributed by atoms with E-state index in [0.717, 1.165) is 24.6 Å². The minimum absolute atomic E-state index is 0.832. The molecule has 0 atom stereocenters. The standard InChI is InChI=1S/C18H23NO/c1-5-19-12-16-11-14(3)7-9-18(16)20-17-8-6-13(2)10-15(17)4/h6-11,19H,5,12H2,1-4H3. The van der Waals surface area contributed by atoms with Gasteiger partial charge in [0.1, 0.15) is 11.5 Å². The summed E-state index contributed by atoms with van der Waals surface area (Å²) in [5.41, 5.74) is 4.88. The van der Waals surface area contributed by atoms with Gasteiger partial charge >= 0.3 is 0 Å². The largest absolute Gasteiger partial charge is 0.457 e. The number of nitrogens with one attached hydrogen (secondary N) is 1. The molecule has 106 valence electrons. The van der Waals surface area contributed by atoms with E-state index in [0.29, 0.717) is 0 Å². The normalized spacial score (nSPS) is 10.6. The average Bonchev–Trinajstić information content (AvgIpc) is 2.41. The summed E-state index contributed by atoms with van der Waals surface area (Å²) in [6, 6.07) is 12.6. The number of ether oxygens (including phenoxy) is 1. The molecule has 0 aliphatic heterocycles. The third-order valence-electron chi connectivity index (χ3n) is 3.33. The van der Waals surface area contributed by atoms with E-state index in [1.165, 1.54) is 22.3 Å². The van der Waals surface area contributed by atoms with Crippen molar-refractivity contribution >= 4 is 0 Å². The van der Waals surface area contributed by atoms with E-state index in [-0.39, 0.29) is 0 Å². The molecule has 2 nitrogen and oxygen atoms in total. The molecule has 2 heteroatoms. The van der Waals surface area contributed by atoms with Crippen LogP contribution >= 0.6 is 0 Å². The molecule has 0 heterocycles. The Morgan fingerprint density at radius 1 is 0.900 bits per heavy atom. The van der Waals surface area contributed by atoms with Gasteiger partial charge in [0.2, 0.25) is 0 Å². The summed E-state index contributed by atoms with van der Waals surface area (Å²) in [5, 5.41) is 3.36. The lowest BCUT2D eigenvalue weighted by molar-refractivity contribution is 0.469. The van der Waals surface area contributed by atoms with Crippen molar-refractivity contribution in [1.29, 1.82) is 0 Å². The molecule has 0 bridgehead atoms. The van der Waals surface area contributed by atoms with Crippen LogP contribution in [0, 0.1) is 20.8 Å². The van der Waals surface area contributed by atoms with E-state index in [1.54, 1.807) is 0 Å². The molecule has 2 aromatic carbocycles. The van der Waals surface area contributed by atoms with Gasteiger partial charge in [-0.3, -0.25) is 0 Å². The first kappa shape index (κ1) is 14.6. The first-order valence-corrected chi connectivity index (χ1v) is 7.15. The lowest BCUT2D eigenvalue weighted by Crippen LogP contribution is -2.12. The van der Waals surface area contributed by atoms with Gasteiger partial charge in [-0.1, -0.05) is 42.3 Å². The third kappa shape index (κ3) is 3.61. The van der Waals surface area contributed by atoms with Crippen LogP contribution in [0.3, 0.4) is 0 Å². The molecule has 0 spiro atoms. The molecule has 0 radical (unpaired) electrons. The zero-order valence-electron chi connectivity index (χ0n) is 12.8. The summed E-state index contributed by atoms with van der Waals surface area (Å²) in [4.78, 5) is 0. The SMILES string of the molecule is CCNCc1cc(C)ccc1Oc1ccc(C)cc1C. The highest BCUT2D eigenvalue weighted by Crippen LogP contribution is 2.29. The first-order valence-electron chi connectivity index (χ1n) is 7.15. The van der Waals surface area contributed by atoms with Crippen molar-refractivity contribution in [2.45, 2.75) is 34.2 Å². The van der Waals surface area contributed by atoms with Gasteiger partial charge in [0.15, 0.2) is 0 Å². The van der Waals surface area contributed by atoms with E-state index in [1.807, 2.05) is 6.07 Å². The maximum absolute atomic E-state index is 6.11. The van der Waals surface area contributed by atoms with Crippen molar-refractivity contribution in [3.05, 3.63) is 58.7 Å². The van der Waals surface area contributed by atoms with Gasteiger partial charge in [-0.25, -0.2) is 0 Å². The van der Waals surface area contributed by atoms with Crippen LogP contribution in [0.25, 0.3) is 0 Å². The van der Waals surface area contributed by atoms with Crippen molar-refractivity contribution in [2.75, 3.05) is 6.54 Å². The van der Waals surface area contributed by atoms with Crippen molar-refractivity contribution < 1.29 is 4.74 Å². The van der Waals surface area contributed by atoms with Gasteiger partial charge in [0.25, 0.3) is 0 Å². The summed E-state index contributed by atoms with van der Waals surface area (Å²) in [6.07, 6.45) is 0. The maximum atomic E-state index is 6.11. The van der Waals surface area contributed by atoms with E-state index < -0.39 is 0 Å². The molecular weight excluding hydrogens is 246 g/mol. The van der Waals surface area contributed by atoms with Gasteiger partial charge in [-0.15, -0.1) is 0 Å². The molecular formula is C18H23NO. The Morgan fingerprint density at radius 3 is 2.20 bits per heavy atom. The highest BCUT2D eigenvalue weighted by molar-refractivity contribution is 5.43. The summed E-state index contributed by atoms with van der Waals surface area (Å²) in [7, 11) is 0. The van der Waals surface area contributed by atoms with Gasteiger partial charge < -0.3 is 10.1 Å². The summed E-state index contributed by atoms with van der Waals surface area (Å²) in [5.74, 6) is 1.86. The first-order chi connectivity index (χ1) is 9.60. The van der Waals surface area contributed by atoms with E-state index in [9.17, 15) is 0 Å². The quantitative estimate of drug-likeness (QED) is 0.862. The fraction of sp³-hybridized carbons (Fsp3) is 0.333. The predicted molar refractivity (Wildman–Crippen MR) is 84.5 cm³/mol. The molecule has 0 fully saturated rings. The summed E-state index contributed by atoms with van der Waals surface area (Å²) in [6.45, 7) is 10.2. The van der Waals surface area contributed by atoms with Gasteiger partial charge in [0.05, 0.1) is 0 Å². The fourth-order valence-corrected chi connectivity index (χ4v) is 2.24. The lowest BCUT2D eigenvalue weighted by Gasteiger charge is -2.14. The number of hydrogen-bond donors (Lipinski definition) is 1. The summed E-state index contributed by atoms with van der Waals surface area (Å²) < 4.78 is 6.11. The van der Waals surface area contributed by atoms with Crippen LogP contribution in [-0.4, -0.2) is 6.54 Å². The molecule has 20 heavy (non-hydrogen) atoms. The van der Waals surface area contributed by atoms with Crippen LogP contribution in [0.5, 0.6) is 11.5 Å². The highest BCUT2D eigenvalue weighted by atomic mass is 16.5. The Kier molecular flexibility index (Phi) is 4.80. The molecule has 1 N–H and O–H groups in total. The van der Waals surface area contributed by atoms with E-state index >= 15 is 0 Å². The van der Waals surface area contributed by atoms with Crippen LogP contribution in [0.4, 0.5) is 0 Å². The highest BCUT2D eigenvalue weighted by Gasteiger charge is 2.07. The second-order valence-corrected chi connectivity index (χ2v) is 5.26. The molecule has 0 saturated heterocycles. The Hall–Kier alpha value is -1.80. The third-order valence-corrected chi connectivity index (χ3v) is 3.33. The van der Waals surface area contributed by atoms with Gasteiger partial charge in [0, 0.05) is 12.1 Å². The molecule has 0 amide bonds. The molecule has 2 rings (SSSR count). The lowest BCUT2D eigenvalue weighted by atomic mass is 10.1. The van der Waals surface area contributed by atoms with Crippen LogP contribution in [0.2, 0.25) is 0 Å². The van der Waals surface area contributed by atoms with Gasteiger partial charge in [-0.05, 0) is 45.0 Å². The number of hydrogen-bond acceptors (Lipinski definition) is 2. The minimum atomic E-state index is 0.832. The zero-order valence-corrected chi connectivity index (χ0v) is 12.8. The molecule has 2 aromatic rings. The Bertz CT molecular complexity index is 590. The molecule has 0 aliphatic rings. The van der Waals surface area contributed by atoms with Crippen LogP contribution in [0.1, 0.15) is 29.2 Å². The summed E-state index contributed by atoms with van der Waals surface area (Å²) >= 11 is 0. The predicted octanol–water partition coefficient (Wildman–Crippen LogP) is 4.51. The van der Waals surface area contributed by atoms with Crippen LogP contribution in [-0.2, 0) is 6.54 Å². The van der Waals surface area contributed by atoms with E-state index in [4.69, 9.17) is 4.74 Å². The molecule has 0 unspecified atom stereocenters. The fourth-order valence-electron chi connectivity index (χ4n) is 2.24. The second-order valence-electron chi connectivity index (χ2n) is 5.26. The Labute approximate surface area is 121 Å². The zero-order chi connectivity index (χ0) is 14.5. The Balaban J connectivity index is 2.27. The van der Waals surface area contributed by atoms with Crippen molar-refractivity contribution in [3.63, 3.8) is 0 Å². The van der Waals surface area contributed by atoms with Gasteiger partial charge in [-0.2, -0.15) is 0 Å². The number of benzene rings is 2. The number of rotatable bonds is 5. The van der Waals surface area contributed by atoms with E-state index in [2.05, 4.69) is 63.3 Å². The maximum Gasteiger partial charge on any atom is 0.131 e. The average molecular weight is 269 g/mol. The number of aryl methyl sites for hydroxylation is 3. The monoisotopic (exact) mass is 269 g/mol. The minimum Gasteiger partial charge on any atom is -0.457 e. The molecule has 0 saturated carbocycles.